The predicted octanol–water partition coefficient (Wildman–Crippen LogP) is 2.25. The summed E-state index contributed by atoms with van der Waals surface area (Å²) in [7, 11) is 1.66. The van der Waals surface area contributed by atoms with Crippen LogP contribution in [-0.4, -0.2) is 56.1 Å². The second-order valence-corrected chi connectivity index (χ2v) is 8.18. The molecule has 0 spiro atoms. The van der Waals surface area contributed by atoms with Crippen LogP contribution >= 0.6 is 0 Å². The smallest absolute Gasteiger partial charge is 0.222 e. The molecule has 1 aliphatic rings. The number of aliphatic hydroxyl groups excluding tert-OH is 1. The van der Waals surface area contributed by atoms with Crippen molar-refractivity contribution in [2.75, 3.05) is 31.3 Å². The molecule has 3 aromatic heterocycles. The quantitative estimate of drug-likeness (QED) is 0.374. The lowest BCUT2D eigenvalue weighted by atomic mass is 10.1. The summed E-state index contributed by atoms with van der Waals surface area (Å²) in [6, 6.07) is 2.46. The largest absolute Gasteiger partial charge is 0.495 e. The van der Waals surface area contributed by atoms with Gasteiger partial charge in [-0.25, -0.2) is 4.98 Å². The summed E-state index contributed by atoms with van der Waals surface area (Å²) in [4.78, 5) is 13.5. The lowest BCUT2D eigenvalue weighted by Crippen LogP contribution is -2.22. The Morgan fingerprint density at radius 3 is 2.94 bits per heavy atom. The number of hydrogen-bond donors (Lipinski definition) is 4. The van der Waals surface area contributed by atoms with Crippen molar-refractivity contribution in [2.45, 2.75) is 57.7 Å². The van der Waals surface area contributed by atoms with Gasteiger partial charge in [-0.2, -0.15) is 10.1 Å². The van der Waals surface area contributed by atoms with Crippen LogP contribution in [0.2, 0.25) is 0 Å². The molecule has 32 heavy (non-hydrogen) atoms. The monoisotopic (exact) mass is 440 g/mol. The van der Waals surface area contributed by atoms with Gasteiger partial charge in [-0.1, -0.05) is 13.3 Å². The maximum absolute atomic E-state index is 9.44. The third-order valence-corrected chi connectivity index (χ3v) is 5.90. The minimum Gasteiger partial charge on any atom is -0.495 e. The highest BCUT2D eigenvalue weighted by Crippen LogP contribution is 2.29. The van der Waals surface area contributed by atoms with Crippen molar-refractivity contribution in [1.82, 2.24) is 30.0 Å². The van der Waals surface area contributed by atoms with E-state index in [4.69, 9.17) is 15.5 Å². The zero-order valence-corrected chi connectivity index (χ0v) is 18.7. The summed E-state index contributed by atoms with van der Waals surface area (Å²) in [5, 5.41) is 20.9. The highest BCUT2D eigenvalue weighted by atomic mass is 16.5. The van der Waals surface area contributed by atoms with Crippen molar-refractivity contribution in [3.05, 3.63) is 29.7 Å². The van der Waals surface area contributed by atoms with Crippen LogP contribution in [0.4, 0.5) is 11.8 Å². The number of rotatable bonds is 10. The van der Waals surface area contributed by atoms with Crippen LogP contribution in [0.3, 0.4) is 0 Å². The Morgan fingerprint density at radius 2 is 2.22 bits per heavy atom. The molecule has 4 heterocycles. The summed E-state index contributed by atoms with van der Waals surface area (Å²) < 4.78 is 7.48. The van der Waals surface area contributed by atoms with Crippen molar-refractivity contribution in [3.63, 3.8) is 0 Å². The molecule has 0 amide bonds. The van der Waals surface area contributed by atoms with Gasteiger partial charge in [0.05, 0.1) is 19.9 Å². The first-order chi connectivity index (χ1) is 15.6. The molecule has 4 rings (SSSR count). The first kappa shape index (κ1) is 22.2. The van der Waals surface area contributed by atoms with E-state index in [9.17, 15) is 5.11 Å². The van der Waals surface area contributed by atoms with Crippen LogP contribution in [0.1, 0.15) is 56.3 Å². The third-order valence-electron chi connectivity index (χ3n) is 5.90. The third kappa shape index (κ3) is 4.76. The molecule has 10 nitrogen and oxygen atoms in total. The molecular weight excluding hydrogens is 408 g/mol. The number of anilines is 2. The van der Waals surface area contributed by atoms with Crippen LogP contribution in [0.15, 0.2) is 18.5 Å². The van der Waals surface area contributed by atoms with Crippen LogP contribution in [0.25, 0.3) is 11.0 Å². The molecule has 0 bridgehead atoms. The lowest BCUT2D eigenvalue weighted by molar-refractivity contribution is 0.276. The Labute approximate surface area is 187 Å². The summed E-state index contributed by atoms with van der Waals surface area (Å²) in [5.41, 5.74) is 9.27. The van der Waals surface area contributed by atoms with Crippen molar-refractivity contribution < 1.29 is 9.84 Å². The molecule has 1 saturated heterocycles. The van der Waals surface area contributed by atoms with E-state index in [2.05, 4.69) is 38.7 Å². The van der Waals surface area contributed by atoms with Gasteiger partial charge in [0.1, 0.15) is 22.5 Å². The molecule has 0 radical (unpaired) electrons. The Hall–Kier alpha value is -2.98. The van der Waals surface area contributed by atoms with Gasteiger partial charge in [-0.05, 0) is 43.9 Å². The molecule has 3 aromatic rings. The van der Waals surface area contributed by atoms with Crippen molar-refractivity contribution in [3.8, 4) is 5.75 Å². The Kier molecular flexibility index (Phi) is 7.01. The fourth-order valence-electron chi connectivity index (χ4n) is 4.31. The van der Waals surface area contributed by atoms with E-state index in [1.165, 1.54) is 6.42 Å². The Bertz CT molecular complexity index is 1040. The zero-order valence-electron chi connectivity index (χ0n) is 18.7. The van der Waals surface area contributed by atoms with Crippen LogP contribution in [0, 0.1) is 0 Å². The number of pyridine rings is 1. The van der Waals surface area contributed by atoms with Gasteiger partial charge in [0, 0.05) is 24.9 Å². The van der Waals surface area contributed by atoms with Gasteiger partial charge in [0.15, 0.2) is 5.82 Å². The topological polar surface area (TPSA) is 136 Å². The number of aliphatic hydroxyl groups is 1. The number of nitrogens with zero attached hydrogens (tertiary/aromatic N) is 5. The molecule has 1 fully saturated rings. The first-order valence-corrected chi connectivity index (χ1v) is 11.3. The van der Waals surface area contributed by atoms with Gasteiger partial charge in [-0.15, -0.1) is 0 Å². The second-order valence-electron chi connectivity index (χ2n) is 8.18. The van der Waals surface area contributed by atoms with E-state index in [1.807, 2.05) is 10.9 Å². The first-order valence-electron chi connectivity index (χ1n) is 11.3. The van der Waals surface area contributed by atoms with E-state index < -0.39 is 0 Å². The van der Waals surface area contributed by atoms with Crippen molar-refractivity contribution in [1.29, 1.82) is 0 Å². The minimum absolute atomic E-state index is 0.0803. The van der Waals surface area contributed by atoms with Gasteiger partial charge in [0.2, 0.25) is 5.95 Å². The normalized spacial score (nSPS) is 17.0. The highest BCUT2D eigenvalue weighted by Gasteiger charge is 2.20. The number of nitrogens with one attached hydrogen (secondary N) is 2. The average molecular weight is 441 g/mol. The van der Waals surface area contributed by atoms with Gasteiger partial charge in [0.25, 0.3) is 0 Å². The summed E-state index contributed by atoms with van der Waals surface area (Å²) >= 11 is 0. The number of nitrogens with two attached hydrogens (primary N) is 1. The summed E-state index contributed by atoms with van der Waals surface area (Å²) in [6.45, 7) is 3.65. The number of fused-ring (bicyclic) bond motifs is 1. The lowest BCUT2D eigenvalue weighted by Gasteiger charge is -2.19. The van der Waals surface area contributed by atoms with Gasteiger partial charge < -0.3 is 26.2 Å². The molecule has 0 aliphatic carbocycles. The molecule has 1 aliphatic heterocycles. The second kappa shape index (κ2) is 10.1. The Balaban J connectivity index is 1.66. The standard InChI is InChI=1S/C22H32N8O2/c1-3-5-15(7-9-31)27-21-20-17(28-22(23)29-21)12-26-30(20)13-18-19(32-2)10-14(11-25-18)16-6-4-8-24-16/h10-12,15-16,24,31H,3-9,13H2,1-2H3,(H3,23,27,28,29)/t15-,16?/m0/s1. The minimum atomic E-state index is 0.0803. The summed E-state index contributed by atoms with van der Waals surface area (Å²) in [5.74, 6) is 1.53. The predicted molar refractivity (Wildman–Crippen MR) is 124 cm³/mol. The van der Waals surface area contributed by atoms with E-state index in [1.54, 1.807) is 13.3 Å². The van der Waals surface area contributed by atoms with Crippen molar-refractivity contribution in [2.24, 2.45) is 0 Å². The molecule has 172 valence electrons. The van der Waals surface area contributed by atoms with Crippen LogP contribution in [0.5, 0.6) is 5.75 Å². The Morgan fingerprint density at radius 1 is 1.34 bits per heavy atom. The van der Waals surface area contributed by atoms with Crippen molar-refractivity contribution >= 4 is 22.8 Å². The maximum Gasteiger partial charge on any atom is 0.222 e. The number of aromatic nitrogens is 5. The molecule has 1 unspecified atom stereocenters. The van der Waals surface area contributed by atoms with E-state index in [0.29, 0.717) is 30.3 Å². The molecule has 0 saturated carbocycles. The van der Waals surface area contributed by atoms with E-state index in [0.717, 1.165) is 48.3 Å². The fraction of sp³-hybridized carbons (Fsp3) is 0.545. The molecule has 0 aromatic carbocycles. The van der Waals surface area contributed by atoms with Crippen LogP contribution in [-0.2, 0) is 6.54 Å². The van der Waals surface area contributed by atoms with Crippen LogP contribution < -0.4 is 21.1 Å². The number of nitrogen functional groups attached to an aromatic ring is 1. The number of ether oxygens (including phenoxy) is 1. The zero-order chi connectivity index (χ0) is 22.5. The molecule has 2 atom stereocenters. The molecule has 10 heteroatoms. The van der Waals surface area contributed by atoms with Gasteiger partial charge in [-0.3, -0.25) is 9.67 Å². The summed E-state index contributed by atoms with van der Waals surface area (Å²) in [6.07, 6.45) is 8.40. The highest BCUT2D eigenvalue weighted by molar-refractivity contribution is 5.86. The molecule has 5 N–H and O–H groups in total. The van der Waals surface area contributed by atoms with Gasteiger partial charge >= 0.3 is 0 Å². The molecular formula is C22H32N8O2. The SMILES string of the molecule is CCC[C@@H](CCO)Nc1nc(N)nc2cnn(Cc3ncc(C4CCCN4)cc3OC)c12. The van der Waals surface area contributed by atoms with E-state index >= 15 is 0 Å². The number of methoxy groups -OCH3 is 1. The maximum atomic E-state index is 9.44. The van der Waals surface area contributed by atoms with E-state index in [-0.39, 0.29) is 18.6 Å². The number of hydrogen-bond acceptors (Lipinski definition) is 9. The average Bonchev–Trinajstić information content (AvgIpc) is 3.45. The fourth-order valence-corrected chi connectivity index (χ4v) is 4.31.